The Morgan fingerprint density at radius 1 is 1.19 bits per heavy atom. The zero-order valence-corrected chi connectivity index (χ0v) is 19.0. The monoisotopic (exact) mass is 453 g/mol. The lowest BCUT2D eigenvalue weighted by Crippen LogP contribution is -2.24. The number of nitrogens with zero attached hydrogens (tertiary/aromatic N) is 4. The fourth-order valence-electron chi connectivity index (χ4n) is 3.31. The normalized spacial score (nSPS) is 11.2. The summed E-state index contributed by atoms with van der Waals surface area (Å²) < 4.78 is 3.51. The maximum Gasteiger partial charge on any atom is 0.258 e. The van der Waals surface area contributed by atoms with Crippen LogP contribution in [0.2, 0.25) is 0 Å². The van der Waals surface area contributed by atoms with Gasteiger partial charge in [-0.2, -0.15) is 5.10 Å². The SMILES string of the molecule is Cc1cc(C)n(Cc2cccc(CNC(=O)CSCc3cc(=O)n4ccsc4n3)c2)n1. The lowest BCUT2D eigenvalue weighted by Gasteiger charge is -2.09. The molecule has 0 fully saturated rings. The predicted molar refractivity (Wildman–Crippen MR) is 125 cm³/mol. The lowest BCUT2D eigenvalue weighted by atomic mass is 10.1. The molecule has 0 aliphatic carbocycles. The molecule has 9 heteroatoms. The summed E-state index contributed by atoms with van der Waals surface area (Å²) in [5.74, 6) is 0.800. The van der Waals surface area contributed by atoms with E-state index in [4.69, 9.17) is 0 Å². The van der Waals surface area contributed by atoms with Gasteiger partial charge in [0, 0.05) is 35.6 Å². The van der Waals surface area contributed by atoms with Crippen molar-refractivity contribution >= 4 is 34.0 Å². The van der Waals surface area contributed by atoms with Crippen LogP contribution in [0.3, 0.4) is 0 Å². The molecule has 1 aromatic carbocycles. The van der Waals surface area contributed by atoms with E-state index in [2.05, 4.69) is 33.6 Å². The van der Waals surface area contributed by atoms with Crippen LogP contribution in [0.25, 0.3) is 4.96 Å². The third-order valence-electron chi connectivity index (χ3n) is 4.76. The van der Waals surface area contributed by atoms with Crippen LogP contribution in [0.15, 0.2) is 52.8 Å². The van der Waals surface area contributed by atoms with Gasteiger partial charge in [-0.25, -0.2) is 4.98 Å². The zero-order valence-electron chi connectivity index (χ0n) is 17.4. The third-order valence-corrected chi connectivity index (χ3v) is 6.48. The van der Waals surface area contributed by atoms with E-state index in [1.165, 1.54) is 33.6 Å². The second kappa shape index (κ2) is 9.49. The molecule has 3 aromatic heterocycles. The van der Waals surface area contributed by atoms with Gasteiger partial charge in [-0.3, -0.25) is 18.7 Å². The maximum absolute atomic E-state index is 12.2. The predicted octanol–water partition coefficient (Wildman–Crippen LogP) is 3.17. The molecule has 160 valence electrons. The van der Waals surface area contributed by atoms with E-state index in [1.807, 2.05) is 36.0 Å². The van der Waals surface area contributed by atoms with E-state index in [0.717, 1.165) is 22.5 Å². The first-order chi connectivity index (χ1) is 15.0. The minimum atomic E-state index is -0.0911. The Kier molecular flexibility index (Phi) is 6.53. The highest BCUT2D eigenvalue weighted by Crippen LogP contribution is 2.13. The minimum Gasteiger partial charge on any atom is -0.351 e. The number of benzene rings is 1. The molecule has 0 saturated carbocycles. The van der Waals surface area contributed by atoms with Crippen molar-refractivity contribution in [1.29, 1.82) is 0 Å². The first-order valence-electron chi connectivity index (χ1n) is 9.87. The Labute approximate surface area is 188 Å². The molecule has 0 aliphatic heterocycles. The van der Waals surface area contributed by atoms with E-state index in [9.17, 15) is 9.59 Å². The molecular formula is C22H23N5O2S2. The zero-order chi connectivity index (χ0) is 21.8. The standard InChI is InChI=1S/C22H23N5O2S2/c1-15-8-16(2)27(25-15)12-18-5-3-4-17(9-18)11-23-20(28)14-30-13-19-10-21(29)26-6-7-31-22(26)24-19/h3-10H,11-14H2,1-2H3,(H,23,28). The number of aryl methyl sites for hydroxylation is 2. The van der Waals surface area contributed by atoms with Crippen LogP contribution in [0, 0.1) is 13.8 Å². The number of amides is 1. The van der Waals surface area contributed by atoms with Crippen LogP contribution in [0.5, 0.6) is 0 Å². The quantitative estimate of drug-likeness (QED) is 0.443. The molecular weight excluding hydrogens is 430 g/mol. The number of fused-ring (bicyclic) bond motifs is 1. The first kappa shape index (κ1) is 21.3. The van der Waals surface area contributed by atoms with Crippen molar-refractivity contribution < 1.29 is 4.79 Å². The molecule has 0 atom stereocenters. The van der Waals surface area contributed by atoms with Crippen molar-refractivity contribution in [2.24, 2.45) is 0 Å². The first-order valence-corrected chi connectivity index (χ1v) is 11.9. The number of nitrogens with one attached hydrogen (secondary N) is 1. The Hall–Kier alpha value is -2.91. The van der Waals surface area contributed by atoms with Gasteiger partial charge < -0.3 is 5.32 Å². The molecule has 7 nitrogen and oxygen atoms in total. The van der Waals surface area contributed by atoms with Crippen molar-refractivity contribution in [1.82, 2.24) is 24.5 Å². The molecule has 0 unspecified atom stereocenters. The molecule has 0 bridgehead atoms. The number of carbonyl (C=O) groups excluding carboxylic acids is 1. The molecule has 4 aromatic rings. The van der Waals surface area contributed by atoms with Crippen LogP contribution in [0.1, 0.15) is 28.2 Å². The molecule has 31 heavy (non-hydrogen) atoms. The highest BCUT2D eigenvalue weighted by Gasteiger charge is 2.07. The summed E-state index contributed by atoms with van der Waals surface area (Å²) in [7, 11) is 0. The number of thiazole rings is 1. The summed E-state index contributed by atoms with van der Waals surface area (Å²) in [6.07, 6.45) is 1.71. The van der Waals surface area contributed by atoms with Crippen molar-refractivity contribution in [2.45, 2.75) is 32.7 Å². The summed E-state index contributed by atoms with van der Waals surface area (Å²) in [5.41, 5.74) is 4.94. The van der Waals surface area contributed by atoms with E-state index in [0.29, 0.717) is 35.3 Å². The molecule has 0 radical (unpaired) electrons. The van der Waals surface area contributed by atoms with Crippen LogP contribution in [-0.2, 0) is 23.6 Å². The van der Waals surface area contributed by atoms with Crippen LogP contribution < -0.4 is 10.9 Å². The highest BCUT2D eigenvalue weighted by atomic mass is 32.2. The van der Waals surface area contributed by atoms with Gasteiger partial charge in [0.2, 0.25) is 5.91 Å². The van der Waals surface area contributed by atoms with E-state index in [-0.39, 0.29) is 11.5 Å². The molecule has 0 aliphatic rings. The number of hydrogen-bond acceptors (Lipinski definition) is 6. The average Bonchev–Trinajstić information content (AvgIpc) is 3.33. The number of thioether (sulfide) groups is 1. The molecule has 4 rings (SSSR count). The topological polar surface area (TPSA) is 81.3 Å². The van der Waals surface area contributed by atoms with Gasteiger partial charge in [-0.15, -0.1) is 23.1 Å². The number of carbonyl (C=O) groups is 1. The summed E-state index contributed by atoms with van der Waals surface area (Å²) in [6, 6.07) is 11.8. The summed E-state index contributed by atoms with van der Waals surface area (Å²) in [6.45, 7) is 5.22. The van der Waals surface area contributed by atoms with Gasteiger partial charge in [-0.05, 0) is 31.0 Å². The largest absolute Gasteiger partial charge is 0.351 e. The van der Waals surface area contributed by atoms with Crippen molar-refractivity contribution in [2.75, 3.05) is 5.75 Å². The Balaban J connectivity index is 1.26. The second-order valence-electron chi connectivity index (χ2n) is 7.32. The smallest absolute Gasteiger partial charge is 0.258 e. The average molecular weight is 454 g/mol. The van der Waals surface area contributed by atoms with Crippen LogP contribution in [0.4, 0.5) is 0 Å². The van der Waals surface area contributed by atoms with Gasteiger partial charge in [0.15, 0.2) is 4.96 Å². The lowest BCUT2D eigenvalue weighted by molar-refractivity contribution is -0.118. The van der Waals surface area contributed by atoms with E-state index < -0.39 is 0 Å². The van der Waals surface area contributed by atoms with Crippen molar-refractivity contribution in [3.05, 3.63) is 86.5 Å². The number of hydrogen-bond donors (Lipinski definition) is 1. The molecule has 0 spiro atoms. The van der Waals surface area contributed by atoms with Crippen LogP contribution in [-0.4, -0.2) is 30.8 Å². The maximum atomic E-state index is 12.2. The minimum absolute atomic E-state index is 0.0390. The summed E-state index contributed by atoms with van der Waals surface area (Å²) in [4.78, 5) is 29.4. The molecule has 1 amide bonds. The Morgan fingerprint density at radius 2 is 2.03 bits per heavy atom. The van der Waals surface area contributed by atoms with E-state index in [1.54, 1.807) is 6.20 Å². The van der Waals surface area contributed by atoms with E-state index >= 15 is 0 Å². The Morgan fingerprint density at radius 3 is 2.84 bits per heavy atom. The van der Waals surface area contributed by atoms with Crippen molar-refractivity contribution in [3.63, 3.8) is 0 Å². The summed E-state index contributed by atoms with van der Waals surface area (Å²) >= 11 is 2.87. The molecule has 1 N–H and O–H groups in total. The van der Waals surface area contributed by atoms with Crippen LogP contribution >= 0.6 is 23.1 Å². The number of aromatic nitrogens is 4. The number of rotatable bonds is 8. The van der Waals surface area contributed by atoms with Gasteiger partial charge >= 0.3 is 0 Å². The van der Waals surface area contributed by atoms with Gasteiger partial charge in [-0.1, -0.05) is 24.3 Å². The van der Waals surface area contributed by atoms with Gasteiger partial charge in [0.1, 0.15) is 0 Å². The third kappa shape index (κ3) is 5.42. The van der Waals surface area contributed by atoms with Gasteiger partial charge in [0.05, 0.1) is 23.7 Å². The fraction of sp³-hybridized carbons (Fsp3) is 0.273. The second-order valence-corrected chi connectivity index (χ2v) is 9.17. The fourth-order valence-corrected chi connectivity index (χ4v) is 4.79. The van der Waals surface area contributed by atoms with Gasteiger partial charge in [0.25, 0.3) is 5.56 Å². The molecule has 3 heterocycles. The molecule has 0 saturated heterocycles. The Bertz CT molecular complexity index is 1270. The van der Waals surface area contributed by atoms with Crippen molar-refractivity contribution in [3.8, 4) is 0 Å². The summed E-state index contributed by atoms with van der Waals surface area (Å²) in [5, 5.41) is 9.30. The highest BCUT2D eigenvalue weighted by molar-refractivity contribution is 7.99.